The normalized spacial score (nSPS) is 20.1. The fourth-order valence-corrected chi connectivity index (χ4v) is 2.62. The van der Waals surface area contributed by atoms with Crippen molar-refractivity contribution in [2.45, 2.75) is 38.1 Å². The molecule has 1 aliphatic rings. The summed E-state index contributed by atoms with van der Waals surface area (Å²) in [5.74, 6) is -0.199. The third-order valence-corrected chi connectivity index (χ3v) is 3.68. The first-order valence-corrected chi connectivity index (χ1v) is 6.99. The Kier molecular flexibility index (Phi) is 5.14. The molecule has 3 heteroatoms. The maximum atomic E-state index is 13.2. The highest BCUT2D eigenvalue weighted by Gasteiger charge is 2.13. The maximum Gasteiger partial charge on any atom is 0.123 e. The molecule has 1 saturated heterocycles. The molecule has 2 N–H and O–H groups in total. The number of nitrogens with two attached hydrogens (primary N) is 1. The zero-order chi connectivity index (χ0) is 12.8. The van der Waals surface area contributed by atoms with Crippen LogP contribution in [0.15, 0.2) is 24.3 Å². The van der Waals surface area contributed by atoms with Crippen LogP contribution in [0.25, 0.3) is 0 Å². The van der Waals surface area contributed by atoms with Crippen LogP contribution in [0.4, 0.5) is 4.39 Å². The first kappa shape index (κ1) is 13.5. The fourth-order valence-electron chi connectivity index (χ4n) is 2.62. The van der Waals surface area contributed by atoms with Crippen LogP contribution in [0, 0.1) is 5.82 Å². The standard InChI is InChI=1S/C15H23FN2/c16-14-8-6-7-13(11-14)15(17)12-18-9-4-2-1-3-5-10-18/h6-8,11,15H,1-5,9-10,12,17H2. The van der Waals surface area contributed by atoms with Crippen LogP contribution >= 0.6 is 0 Å². The molecule has 2 nitrogen and oxygen atoms in total. The third kappa shape index (κ3) is 4.07. The smallest absolute Gasteiger partial charge is 0.123 e. The van der Waals surface area contributed by atoms with Gasteiger partial charge in [0.25, 0.3) is 0 Å². The van der Waals surface area contributed by atoms with Crippen molar-refractivity contribution >= 4 is 0 Å². The number of likely N-dealkylation sites (tertiary alicyclic amines) is 1. The first-order chi connectivity index (χ1) is 8.75. The van der Waals surface area contributed by atoms with Crippen LogP contribution in [0.2, 0.25) is 0 Å². The van der Waals surface area contributed by atoms with E-state index in [0.29, 0.717) is 0 Å². The van der Waals surface area contributed by atoms with Gasteiger partial charge in [-0.1, -0.05) is 31.4 Å². The molecule has 100 valence electrons. The number of benzene rings is 1. The van der Waals surface area contributed by atoms with Crippen LogP contribution in [0.5, 0.6) is 0 Å². The number of hydrogen-bond acceptors (Lipinski definition) is 2. The number of halogens is 1. The molecule has 0 radical (unpaired) electrons. The summed E-state index contributed by atoms with van der Waals surface area (Å²) >= 11 is 0. The minimum atomic E-state index is -0.199. The van der Waals surface area contributed by atoms with E-state index in [1.54, 1.807) is 12.1 Å². The van der Waals surface area contributed by atoms with E-state index in [9.17, 15) is 4.39 Å². The zero-order valence-corrected chi connectivity index (χ0v) is 10.9. The van der Waals surface area contributed by atoms with Crippen molar-refractivity contribution in [3.63, 3.8) is 0 Å². The highest BCUT2D eigenvalue weighted by molar-refractivity contribution is 5.20. The summed E-state index contributed by atoms with van der Waals surface area (Å²) in [7, 11) is 0. The Morgan fingerprint density at radius 2 is 1.78 bits per heavy atom. The van der Waals surface area contributed by atoms with Crippen molar-refractivity contribution in [1.29, 1.82) is 0 Å². The van der Waals surface area contributed by atoms with Crippen LogP contribution < -0.4 is 5.73 Å². The van der Waals surface area contributed by atoms with Crippen LogP contribution in [0.3, 0.4) is 0 Å². The van der Waals surface area contributed by atoms with Gasteiger partial charge in [-0.05, 0) is 43.6 Å². The number of nitrogens with zero attached hydrogens (tertiary/aromatic N) is 1. The Morgan fingerprint density at radius 1 is 1.11 bits per heavy atom. The summed E-state index contributed by atoms with van der Waals surface area (Å²) in [6.45, 7) is 3.09. The average molecular weight is 250 g/mol. The topological polar surface area (TPSA) is 29.3 Å². The quantitative estimate of drug-likeness (QED) is 0.893. The van der Waals surface area contributed by atoms with Crippen LogP contribution in [0.1, 0.15) is 43.7 Å². The van der Waals surface area contributed by atoms with Gasteiger partial charge < -0.3 is 10.6 Å². The lowest BCUT2D eigenvalue weighted by molar-refractivity contribution is 0.234. The van der Waals surface area contributed by atoms with Crippen molar-refractivity contribution in [2.75, 3.05) is 19.6 Å². The van der Waals surface area contributed by atoms with Crippen molar-refractivity contribution in [3.8, 4) is 0 Å². The summed E-state index contributed by atoms with van der Waals surface area (Å²) in [5.41, 5.74) is 7.08. The molecule has 18 heavy (non-hydrogen) atoms. The van der Waals surface area contributed by atoms with Gasteiger partial charge in [-0.25, -0.2) is 4.39 Å². The largest absolute Gasteiger partial charge is 0.323 e. The van der Waals surface area contributed by atoms with Gasteiger partial charge in [0.05, 0.1) is 0 Å². The van der Waals surface area contributed by atoms with Gasteiger partial charge in [0.1, 0.15) is 5.82 Å². The lowest BCUT2D eigenvalue weighted by Crippen LogP contribution is -2.34. The molecule has 1 fully saturated rings. The SMILES string of the molecule is NC(CN1CCCCCCC1)c1cccc(F)c1. The Bertz CT molecular complexity index is 359. The molecular weight excluding hydrogens is 227 g/mol. The predicted octanol–water partition coefficient (Wildman–Crippen LogP) is 3.09. The summed E-state index contributed by atoms with van der Waals surface area (Å²) < 4.78 is 13.2. The molecule has 2 rings (SSSR count). The van der Waals surface area contributed by atoms with E-state index in [4.69, 9.17) is 5.73 Å². The van der Waals surface area contributed by atoms with E-state index in [2.05, 4.69) is 4.90 Å². The molecule has 0 aromatic heterocycles. The summed E-state index contributed by atoms with van der Waals surface area (Å²) in [5, 5.41) is 0. The maximum absolute atomic E-state index is 13.2. The molecule has 1 aromatic carbocycles. The fraction of sp³-hybridized carbons (Fsp3) is 0.600. The number of hydrogen-bond donors (Lipinski definition) is 1. The predicted molar refractivity (Wildman–Crippen MR) is 72.9 cm³/mol. The van der Waals surface area contributed by atoms with E-state index in [-0.39, 0.29) is 11.9 Å². The second-order valence-electron chi connectivity index (χ2n) is 5.23. The van der Waals surface area contributed by atoms with E-state index in [0.717, 1.165) is 25.2 Å². The molecule has 0 bridgehead atoms. The van der Waals surface area contributed by atoms with Gasteiger partial charge in [-0.3, -0.25) is 0 Å². The third-order valence-electron chi connectivity index (χ3n) is 3.68. The van der Waals surface area contributed by atoms with E-state index in [1.165, 1.54) is 38.2 Å². The highest BCUT2D eigenvalue weighted by atomic mass is 19.1. The molecule has 1 aliphatic heterocycles. The van der Waals surface area contributed by atoms with E-state index >= 15 is 0 Å². The van der Waals surface area contributed by atoms with E-state index in [1.807, 2.05) is 6.07 Å². The molecule has 1 aromatic rings. The zero-order valence-electron chi connectivity index (χ0n) is 10.9. The Hall–Kier alpha value is -0.930. The molecule has 1 heterocycles. The monoisotopic (exact) mass is 250 g/mol. The van der Waals surface area contributed by atoms with Gasteiger partial charge in [-0.2, -0.15) is 0 Å². The second kappa shape index (κ2) is 6.86. The van der Waals surface area contributed by atoms with Crippen molar-refractivity contribution in [2.24, 2.45) is 5.73 Å². The van der Waals surface area contributed by atoms with Crippen molar-refractivity contribution in [1.82, 2.24) is 4.90 Å². The average Bonchev–Trinajstić information content (AvgIpc) is 2.32. The second-order valence-corrected chi connectivity index (χ2v) is 5.23. The van der Waals surface area contributed by atoms with Gasteiger partial charge >= 0.3 is 0 Å². The molecule has 0 saturated carbocycles. The lowest BCUT2D eigenvalue weighted by Gasteiger charge is -2.27. The van der Waals surface area contributed by atoms with Crippen molar-refractivity contribution < 1.29 is 4.39 Å². The van der Waals surface area contributed by atoms with Crippen LogP contribution in [-0.2, 0) is 0 Å². The molecular formula is C15H23FN2. The van der Waals surface area contributed by atoms with Crippen LogP contribution in [-0.4, -0.2) is 24.5 Å². The minimum Gasteiger partial charge on any atom is -0.323 e. The molecule has 1 atom stereocenters. The van der Waals surface area contributed by atoms with Gasteiger partial charge in [-0.15, -0.1) is 0 Å². The minimum absolute atomic E-state index is 0.0832. The summed E-state index contributed by atoms with van der Waals surface area (Å²) in [6, 6.07) is 6.58. The molecule has 0 amide bonds. The molecule has 0 spiro atoms. The highest BCUT2D eigenvalue weighted by Crippen LogP contribution is 2.16. The van der Waals surface area contributed by atoms with Gasteiger partial charge in [0, 0.05) is 12.6 Å². The first-order valence-electron chi connectivity index (χ1n) is 6.99. The number of rotatable bonds is 3. The van der Waals surface area contributed by atoms with Crippen molar-refractivity contribution in [3.05, 3.63) is 35.6 Å². The summed E-state index contributed by atoms with van der Waals surface area (Å²) in [4.78, 5) is 2.43. The molecule has 0 aliphatic carbocycles. The molecule has 1 unspecified atom stereocenters. The Balaban J connectivity index is 1.90. The van der Waals surface area contributed by atoms with Gasteiger partial charge in [0.15, 0.2) is 0 Å². The lowest BCUT2D eigenvalue weighted by atomic mass is 10.0. The Morgan fingerprint density at radius 3 is 2.44 bits per heavy atom. The van der Waals surface area contributed by atoms with E-state index < -0.39 is 0 Å². The summed E-state index contributed by atoms with van der Waals surface area (Å²) in [6.07, 6.45) is 6.53. The Labute approximate surface area is 109 Å². The van der Waals surface area contributed by atoms with Gasteiger partial charge in [0.2, 0.25) is 0 Å².